The van der Waals surface area contributed by atoms with Crippen LogP contribution in [0.15, 0.2) is 18.2 Å². The fraction of sp³-hybridized carbons (Fsp3) is 0.417. The third-order valence-electron chi connectivity index (χ3n) is 2.27. The molecule has 0 fully saturated rings. The summed E-state index contributed by atoms with van der Waals surface area (Å²) in [7, 11) is 0. The molecule has 1 unspecified atom stereocenters. The van der Waals surface area contributed by atoms with E-state index in [0.717, 1.165) is 12.8 Å². The Balaban J connectivity index is 2.73. The topological polar surface area (TPSA) is 29.1 Å². The predicted octanol–water partition coefficient (Wildman–Crippen LogP) is 3.91. The van der Waals surface area contributed by atoms with E-state index in [4.69, 9.17) is 23.2 Å². The van der Waals surface area contributed by atoms with E-state index in [0.29, 0.717) is 15.6 Å². The lowest BCUT2D eigenvalue weighted by Crippen LogP contribution is -2.32. The van der Waals surface area contributed by atoms with Crippen molar-refractivity contribution in [1.29, 1.82) is 0 Å². The van der Waals surface area contributed by atoms with Gasteiger partial charge in [-0.2, -0.15) is 0 Å². The number of halogens is 2. The summed E-state index contributed by atoms with van der Waals surface area (Å²) in [5.74, 6) is -0.150. The van der Waals surface area contributed by atoms with Crippen LogP contribution in [0.25, 0.3) is 0 Å². The number of hydrogen-bond donors (Lipinski definition) is 1. The molecule has 1 amide bonds. The normalized spacial score (nSPS) is 12.2. The number of carbonyl (C=O) groups is 1. The Morgan fingerprint density at radius 2 is 2.12 bits per heavy atom. The molecular weight excluding hydrogens is 245 g/mol. The highest BCUT2D eigenvalue weighted by molar-refractivity contribution is 6.36. The van der Waals surface area contributed by atoms with Gasteiger partial charge in [0, 0.05) is 11.1 Å². The van der Waals surface area contributed by atoms with E-state index < -0.39 is 0 Å². The quantitative estimate of drug-likeness (QED) is 0.873. The van der Waals surface area contributed by atoms with Crippen molar-refractivity contribution in [3.8, 4) is 0 Å². The minimum atomic E-state index is -0.150. The molecule has 2 nitrogen and oxygen atoms in total. The fourth-order valence-electron chi connectivity index (χ4n) is 1.48. The zero-order valence-electron chi connectivity index (χ0n) is 9.39. The fourth-order valence-corrected chi connectivity index (χ4v) is 1.97. The zero-order chi connectivity index (χ0) is 12.1. The molecule has 0 saturated heterocycles. The van der Waals surface area contributed by atoms with Crippen LogP contribution in [0.2, 0.25) is 10.0 Å². The number of nitrogens with one attached hydrogen (secondary N) is 1. The molecular formula is C12H15Cl2NO. The first-order chi connectivity index (χ1) is 7.54. The molecule has 1 atom stereocenters. The highest BCUT2D eigenvalue weighted by Crippen LogP contribution is 2.20. The summed E-state index contributed by atoms with van der Waals surface area (Å²) in [5, 5.41) is 3.80. The van der Waals surface area contributed by atoms with Crippen LogP contribution in [0.4, 0.5) is 0 Å². The van der Waals surface area contributed by atoms with Crippen molar-refractivity contribution < 1.29 is 4.79 Å². The van der Waals surface area contributed by atoms with E-state index >= 15 is 0 Å². The second-order valence-corrected chi connectivity index (χ2v) is 4.63. The average molecular weight is 260 g/mol. The van der Waals surface area contributed by atoms with Gasteiger partial charge in [0.2, 0.25) is 0 Å². The first-order valence-corrected chi connectivity index (χ1v) is 6.06. The van der Waals surface area contributed by atoms with E-state index in [1.807, 2.05) is 6.92 Å². The molecule has 0 heterocycles. The van der Waals surface area contributed by atoms with Crippen LogP contribution in [0.1, 0.15) is 37.0 Å². The third-order valence-corrected chi connectivity index (χ3v) is 2.82. The second kappa shape index (κ2) is 6.12. The number of carbonyl (C=O) groups excluding carboxylic acids is 1. The summed E-state index contributed by atoms with van der Waals surface area (Å²) in [6, 6.07) is 5.03. The Morgan fingerprint density at radius 3 is 2.69 bits per heavy atom. The molecule has 0 saturated carbocycles. The molecule has 0 bridgehead atoms. The lowest BCUT2D eigenvalue weighted by atomic mass is 10.1. The molecule has 16 heavy (non-hydrogen) atoms. The molecule has 88 valence electrons. The van der Waals surface area contributed by atoms with Gasteiger partial charge in [-0.15, -0.1) is 0 Å². The Morgan fingerprint density at radius 1 is 1.44 bits per heavy atom. The maximum atomic E-state index is 11.8. The van der Waals surface area contributed by atoms with Gasteiger partial charge in [-0.05, 0) is 31.5 Å². The van der Waals surface area contributed by atoms with Gasteiger partial charge in [-0.3, -0.25) is 4.79 Å². The van der Waals surface area contributed by atoms with Crippen LogP contribution in [0, 0.1) is 0 Å². The van der Waals surface area contributed by atoms with Gasteiger partial charge >= 0.3 is 0 Å². The van der Waals surface area contributed by atoms with Crippen LogP contribution in [-0.2, 0) is 0 Å². The Kier molecular flexibility index (Phi) is 5.10. The summed E-state index contributed by atoms with van der Waals surface area (Å²) >= 11 is 11.7. The first kappa shape index (κ1) is 13.3. The first-order valence-electron chi connectivity index (χ1n) is 5.30. The summed E-state index contributed by atoms with van der Waals surface area (Å²) in [6.07, 6.45) is 1.99. The standard InChI is InChI=1S/C12H15Cl2NO/c1-3-4-8(2)15-12(16)10-6-5-9(13)7-11(10)14/h5-8H,3-4H2,1-2H3,(H,15,16). The number of amides is 1. The Hall–Kier alpha value is -0.730. The van der Waals surface area contributed by atoms with E-state index in [1.54, 1.807) is 18.2 Å². The summed E-state index contributed by atoms with van der Waals surface area (Å²) < 4.78 is 0. The Bertz CT molecular complexity index is 379. The van der Waals surface area contributed by atoms with Gasteiger partial charge in [-0.25, -0.2) is 0 Å². The number of rotatable bonds is 4. The minimum Gasteiger partial charge on any atom is -0.350 e. The molecule has 0 spiro atoms. The van der Waals surface area contributed by atoms with Gasteiger partial charge in [0.05, 0.1) is 10.6 Å². The SMILES string of the molecule is CCCC(C)NC(=O)c1ccc(Cl)cc1Cl. The zero-order valence-corrected chi connectivity index (χ0v) is 10.9. The maximum Gasteiger partial charge on any atom is 0.253 e. The predicted molar refractivity (Wildman–Crippen MR) is 68.3 cm³/mol. The molecule has 4 heteroatoms. The van der Waals surface area contributed by atoms with Crippen LogP contribution in [-0.4, -0.2) is 11.9 Å². The van der Waals surface area contributed by atoms with Gasteiger partial charge in [0.25, 0.3) is 5.91 Å². The summed E-state index contributed by atoms with van der Waals surface area (Å²) in [6.45, 7) is 4.06. The molecule has 0 aliphatic heterocycles. The minimum absolute atomic E-state index is 0.150. The highest BCUT2D eigenvalue weighted by Gasteiger charge is 2.12. The molecule has 1 N–H and O–H groups in total. The highest BCUT2D eigenvalue weighted by atomic mass is 35.5. The summed E-state index contributed by atoms with van der Waals surface area (Å²) in [4.78, 5) is 11.8. The van der Waals surface area contributed by atoms with Crippen molar-refractivity contribution in [2.75, 3.05) is 0 Å². The molecule has 0 radical (unpaired) electrons. The molecule has 0 aromatic heterocycles. The van der Waals surface area contributed by atoms with Crippen molar-refractivity contribution in [2.45, 2.75) is 32.7 Å². The lowest BCUT2D eigenvalue weighted by molar-refractivity contribution is 0.0938. The van der Waals surface area contributed by atoms with Crippen molar-refractivity contribution in [3.05, 3.63) is 33.8 Å². The Labute approximate surface area is 106 Å². The average Bonchev–Trinajstić information content (AvgIpc) is 2.17. The lowest BCUT2D eigenvalue weighted by Gasteiger charge is -2.13. The van der Waals surface area contributed by atoms with Crippen molar-refractivity contribution >= 4 is 29.1 Å². The number of benzene rings is 1. The second-order valence-electron chi connectivity index (χ2n) is 3.79. The van der Waals surface area contributed by atoms with Gasteiger partial charge in [0.1, 0.15) is 0 Å². The van der Waals surface area contributed by atoms with Crippen LogP contribution >= 0.6 is 23.2 Å². The van der Waals surface area contributed by atoms with Crippen LogP contribution in [0.3, 0.4) is 0 Å². The van der Waals surface area contributed by atoms with Crippen LogP contribution < -0.4 is 5.32 Å². The smallest absolute Gasteiger partial charge is 0.253 e. The molecule has 1 rings (SSSR count). The molecule has 1 aromatic rings. The van der Waals surface area contributed by atoms with Crippen LogP contribution in [0.5, 0.6) is 0 Å². The summed E-state index contributed by atoms with van der Waals surface area (Å²) in [5.41, 5.74) is 0.467. The van der Waals surface area contributed by atoms with E-state index in [2.05, 4.69) is 12.2 Å². The molecule has 1 aromatic carbocycles. The van der Waals surface area contributed by atoms with Crippen molar-refractivity contribution in [1.82, 2.24) is 5.32 Å². The molecule has 0 aliphatic carbocycles. The maximum absolute atomic E-state index is 11.8. The monoisotopic (exact) mass is 259 g/mol. The number of hydrogen-bond acceptors (Lipinski definition) is 1. The van der Waals surface area contributed by atoms with Crippen molar-refractivity contribution in [2.24, 2.45) is 0 Å². The van der Waals surface area contributed by atoms with Crippen molar-refractivity contribution in [3.63, 3.8) is 0 Å². The molecule has 0 aliphatic rings. The van der Waals surface area contributed by atoms with E-state index in [-0.39, 0.29) is 11.9 Å². The third kappa shape index (κ3) is 3.69. The van der Waals surface area contributed by atoms with E-state index in [1.165, 1.54) is 0 Å². The van der Waals surface area contributed by atoms with Gasteiger partial charge < -0.3 is 5.32 Å². The van der Waals surface area contributed by atoms with Gasteiger partial charge in [-0.1, -0.05) is 36.5 Å². The van der Waals surface area contributed by atoms with E-state index in [9.17, 15) is 4.79 Å². The van der Waals surface area contributed by atoms with Gasteiger partial charge in [0.15, 0.2) is 0 Å². The largest absolute Gasteiger partial charge is 0.350 e.